The van der Waals surface area contributed by atoms with Crippen molar-refractivity contribution in [3.8, 4) is 0 Å². The van der Waals surface area contributed by atoms with Gasteiger partial charge in [-0.3, -0.25) is 14.3 Å². The SMILES string of the molecule is Cc1nn(C)c(C)c1/C=C/C(=O)NC(C)CC(=O)O. The number of aromatic nitrogens is 2. The number of aliphatic carboxylic acids is 1. The topological polar surface area (TPSA) is 84.2 Å². The fraction of sp³-hybridized carbons (Fsp3) is 0.462. The molecule has 0 aliphatic heterocycles. The Labute approximate surface area is 112 Å². The predicted octanol–water partition coefficient (Wildman–Crippen LogP) is 1.03. The van der Waals surface area contributed by atoms with Crippen molar-refractivity contribution in [1.29, 1.82) is 0 Å². The van der Waals surface area contributed by atoms with Crippen molar-refractivity contribution in [2.45, 2.75) is 33.2 Å². The van der Waals surface area contributed by atoms with Gasteiger partial charge in [0.25, 0.3) is 0 Å². The first-order valence-corrected chi connectivity index (χ1v) is 6.01. The third kappa shape index (κ3) is 4.24. The highest BCUT2D eigenvalue weighted by Gasteiger charge is 2.10. The molecule has 0 saturated heterocycles. The van der Waals surface area contributed by atoms with Crippen molar-refractivity contribution in [1.82, 2.24) is 15.1 Å². The van der Waals surface area contributed by atoms with Crippen LogP contribution in [0.25, 0.3) is 6.08 Å². The number of nitrogens with zero attached hydrogens (tertiary/aromatic N) is 2. The molecule has 1 rings (SSSR count). The number of carbonyl (C=O) groups is 2. The van der Waals surface area contributed by atoms with Gasteiger partial charge in [-0.15, -0.1) is 0 Å². The van der Waals surface area contributed by atoms with Crippen molar-refractivity contribution in [3.63, 3.8) is 0 Å². The maximum atomic E-state index is 11.6. The normalized spacial score (nSPS) is 12.6. The summed E-state index contributed by atoms with van der Waals surface area (Å²) in [6.07, 6.45) is 3.00. The molecule has 19 heavy (non-hydrogen) atoms. The van der Waals surface area contributed by atoms with E-state index in [0.717, 1.165) is 17.0 Å². The lowest BCUT2D eigenvalue weighted by Gasteiger charge is -2.08. The van der Waals surface area contributed by atoms with E-state index in [9.17, 15) is 9.59 Å². The summed E-state index contributed by atoms with van der Waals surface area (Å²) in [5.41, 5.74) is 2.73. The monoisotopic (exact) mass is 265 g/mol. The number of hydrogen-bond donors (Lipinski definition) is 2. The highest BCUT2D eigenvalue weighted by atomic mass is 16.4. The average Bonchev–Trinajstić information content (AvgIpc) is 2.49. The summed E-state index contributed by atoms with van der Waals surface area (Å²) in [6, 6.07) is -0.397. The van der Waals surface area contributed by atoms with Gasteiger partial charge in [-0.25, -0.2) is 0 Å². The molecule has 1 atom stereocenters. The molecule has 0 aliphatic rings. The van der Waals surface area contributed by atoms with E-state index < -0.39 is 12.0 Å². The Kier molecular flexibility index (Phi) is 4.86. The Bertz CT molecular complexity index is 517. The molecule has 1 aromatic heterocycles. The van der Waals surface area contributed by atoms with E-state index in [1.54, 1.807) is 17.7 Å². The molecule has 0 saturated carbocycles. The minimum absolute atomic E-state index is 0.0927. The van der Waals surface area contributed by atoms with Gasteiger partial charge in [-0.2, -0.15) is 5.10 Å². The molecule has 0 spiro atoms. The van der Waals surface area contributed by atoms with Crippen LogP contribution in [0.2, 0.25) is 0 Å². The van der Waals surface area contributed by atoms with Crippen LogP contribution in [0.4, 0.5) is 0 Å². The number of amides is 1. The molecule has 1 amide bonds. The van der Waals surface area contributed by atoms with Crippen molar-refractivity contribution in [3.05, 3.63) is 23.0 Å². The maximum Gasteiger partial charge on any atom is 0.305 e. The van der Waals surface area contributed by atoms with Crippen LogP contribution in [0.1, 0.15) is 30.3 Å². The van der Waals surface area contributed by atoms with Gasteiger partial charge in [0.2, 0.25) is 5.91 Å². The maximum absolute atomic E-state index is 11.6. The highest BCUT2D eigenvalue weighted by molar-refractivity contribution is 5.92. The van der Waals surface area contributed by atoms with Gasteiger partial charge in [0.1, 0.15) is 0 Å². The number of nitrogens with one attached hydrogen (secondary N) is 1. The van der Waals surface area contributed by atoms with E-state index in [-0.39, 0.29) is 12.3 Å². The van der Waals surface area contributed by atoms with Crippen LogP contribution >= 0.6 is 0 Å². The van der Waals surface area contributed by atoms with E-state index in [0.29, 0.717) is 0 Å². The van der Waals surface area contributed by atoms with Gasteiger partial charge >= 0.3 is 5.97 Å². The third-order valence-corrected chi connectivity index (χ3v) is 2.84. The van der Waals surface area contributed by atoms with E-state index in [4.69, 9.17) is 5.11 Å². The summed E-state index contributed by atoms with van der Waals surface area (Å²) in [4.78, 5) is 22.1. The summed E-state index contributed by atoms with van der Waals surface area (Å²) in [5.74, 6) is -1.24. The van der Waals surface area contributed by atoms with Crippen LogP contribution in [0.15, 0.2) is 6.08 Å². The van der Waals surface area contributed by atoms with Gasteiger partial charge in [0.05, 0.1) is 12.1 Å². The summed E-state index contributed by atoms with van der Waals surface area (Å²) >= 11 is 0. The zero-order valence-electron chi connectivity index (χ0n) is 11.6. The number of carbonyl (C=O) groups excluding carboxylic acids is 1. The predicted molar refractivity (Wildman–Crippen MR) is 71.6 cm³/mol. The molecule has 0 radical (unpaired) electrons. The van der Waals surface area contributed by atoms with Gasteiger partial charge in [0, 0.05) is 30.4 Å². The van der Waals surface area contributed by atoms with Crippen molar-refractivity contribution in [2.75, 3.05) is 0 Å². The highest BCUT2D eigenvalue weighted by Crippen LogP contribution is 2.13. The molecule has 1 aromatic rings. The summed E-state index contributed by atoms with van der Waals surface area (Å²) in [7, 11) is 1.84. The summed E-state index contributed by atoms with van der Waals surface area (Å²) in [5, 5.41) is 15.4. The number of aryl methyl sites for hydroxylation is 2. The molecule has 1 unspecified atom stereocenters. The molecule has 104 valence electrons. The number of carboxylic acid groups (broad SMARTS) is 1. The Morgan fingerprint density at radius 1 is 1.47 bits per heavy atom. The van der Waals surface area contributed by atoms with Crippen molar-refractivity contribution >= 4 is 18.0 Å². The van der Waals surface area contributed by atoms with E-state index in [2.05, 4.69) is 10.4 Å². The first-order valence-electron chi connectivity index (χ1n) is 6.01. The Morgan fingerprint density at radius 2 is 2.11 bits per heavy atom. The van der Waals surface area contributed by atoms with Crippen LogP contribution in [-0.2, 0) is 16.6 Å². The van der Waals surface area contributed by atoms with E-state index in [1.165, 1.54) is 6.08 Å². The fourth-order valence-electron chi connectivity index (χ4n) is 1.79. The smallest absolute Gasteiger partial charge is 0.305 e. The molecule has 0 aromatic carbocycles. The molecule has 0 bridgehead atoms. The second-order valence-electron chi connectivity index (χ2n) is 4.55. The first-order chi connectivity index (χ1) is 8.81. The number of hydrogen-bond acceptors (Lipinski definition) is 3. The minimum atomic E-state index is -0.935. The van der Waals surface area contributed by atoms with Crippen LogP contribution in [0, 0.1) is 13.8 Å². The van der Waals surface area contributed by atoms with Gasteiger partial charge in [-0.1, -0.05) is 0 Å². The van der Waals surface area contributed by atoms with Crippen LogP contribution < -0.4 is 5.32 Å². The Balaban J connectivity index is 2.66. The molecular formula is C13H19N3O3. The minimum Gasteiger partial charge on any atom is -0.481 e. The quantitative estimate of drug-likeness (QED) is 0.779. The summed E-state index contributed by atoms with van der Waals surface area (Å²) in [6.45, 7) is 5.45. The molecule has 1 heterocycles. The van der Waals surface area contributed by atoms with Crippen LogP contribution in [0.3, 0.4) is 0 Å². The zero-order chi connectivity index (χ0) is 14.6. The van der Waals surface area contributed by atoms with E-state index >= 15 is 0 Å². The van der Waals surface area contributed by atoms with Crippen molar-refractivity contribution < 1.29 is 14.7 Å². The average molecular weight is 265 g/mol. The number of carboxylic acids is 1. The molecular weight excluding hydrogens is 246 g/mol. The molecule has 6 nitrogen and oxygen atoms in total. The van der Waals surface area contributed by atoms with Crippen LogP contribution in [-0.4, -0.2) is 32.8 Å². The lowest BCUT2D eigenvalue weighted by atomic mass is 10.2. The standard InChI is InChI=1S/C13H19N3O3/c1-8(7-13(18)19)14-12(17)6-5-11-9(2)15-16(4)10(11)3/h5-6,8H,7H2,1-4H3,(H,14,17)(H,18,19)/b6-5+. The zero-order valence-corrected chi connectivity index (χ0v) is 11.6. The summed E-state index contributed by atoms with van der Waals surface area (Å²) < 4.78 is 1.75. The Hall–Kier alpha value is -2.11. The third-order valence-electron chi connectivity index (χ3n) is 2.84. The van der Waals surface area contributed by atoms with Gasteiger partial charge in [-0.05, 0) is 26.8 Å². The second kappa shape index (κ2) is 6.17. The molecule has 6 heteroatoms. The number of rotatable bonds is 5. The molecule has 0 aliphatic carbocycles. The lowest BCUT2D eigenvalue weighted by molar-refractivity contribution is -0.137. The van der Waals surface area contributed by atoms with Gasteiger partial charge in [0.15, 0.2) is 0 Å². The van der Waals surface area contributed by atoms with Crippen LogP contribution in [0.5, 0.6) is 0 Å². The Morgan fingerprint density at radius 3 is 2.58 bits per heavy atom. The second-order valence-corrected chi connectivity index (χ2v) is 4.55. The fourth-order valence-corrected chi connectivity index (χ4v) is 1.79. The van der Waals surface area contributed by atoms with Gasteiger partial charge < -0.3 is 10.4 Å². The molecule has 0 fully saturated rings. The first kappa shape index (κ1) is 14.9. The largest absolute Gasteiger partial charge is 0.481 e. The molecule has 2 N–H and O–H groups in total. The lowest BCUT2D eigenvalue weighted by Crippen LogP contribution is -2.32. The van der Waals surface area contributed by atoms with Crippen molar-refractivity contribution in [2.24, 2.45) is 7.05 Å². The van der Waals surface area contributed by atoms with E-state index in [1.807, 2.05) is 20.9 Å².